The Morgan fingerprint density at radius 3 is 2.26 bits per heavy atom. The molecular formula is C26H36ClN3O4S. The molecule has 35 heavy (non-hydrogen) atoms. The number of benzene rings is 2. The second-order valence-electron chi connectivity index (χ2n) is 9.84. The van der Waals surface area contributed by atoms with E-state index in [0.29, 0.717) is 17.1 Å². The van der Waals surface area contributed by atoms with Crippen molar-refractivity contribution in [3.05, 3.63) is 64.7 Å². The van der Waals surface area contributed by atoms with Crippen molar-refractivity contribution in [2.75, 3.05) is 17.1 Å². The minimum atomic E-state index is -3.52. The molecule has 0 heterocycles. The Kier molecular flexibility index (Phi) is 9.75. The summed E-state index contributed by atoms with van der Waals surface area (Å²) in [7, 11) is -3.52. The molecule has 2 rings (SSSR count). The van der Waals surface area contributed by atoms with Gasteiger partial charge in [-0.25, -0.2) is 8.42 Å². The van der Waals surface area contributed by atoms with Crippen LogP contribution in [0, 0.1) is 6.92 Å². The lowest BCUT2D eigenvalue weighted by atomic mass is 10.1. The van der Waals surface area contributed by atoms with E-state index in [1.54, 1.807) is 37.3 Å². The molecule has 1 N–H and O–H groups in total. The van der Waals surface area contributed by atoms with Crippen LogP contribution in [0.2, 0.25) is 5.02 Å². The third-order valence-corrected chi connectivity index (χ3v) is 6.81. The number of hydrogen-bond acceptors (Lipinski definition) is 4. The quantitative estimate of drug-likeness (QED) is 0.497. The van der Waals surface area contributed by atoms with E-state index in [9.17, 15) is 18.0 Å². The first-order chi connectivity index (χ1) is 16.2. The Morgan fingerprint density at radius 2 is 1.71 bits per heavy atom. The molecule has 0 aromatic heterocycles. The van der Waals surface area contributed by atoms with Crippen molar-refractivity contribution in [2.24, 2.45) is 0 Å². The predicted octanol–water partition coefficient (Wildman–Crippen LogP) is 4.53. The largest absolute Gasteiger partial charge is 0.350 e. The summed E-state index contributed by atoms with van der Waals surface area (Å²) in [4.78, 5) is 27.7. The molecule has 0 aliphatic heterocycles. The van der Waals surface area contributed by atoms with Gasteiger partial charge in [0.1, 0.15) is 6.04 Å². The van der Waals surface area contributed by atoms with Crippen LogP contribution in [0.3, 0.4) is 0 Å². The number of halogens is 1. The van der Waals surface area contributed by atoms with Gasteiger partial charge in [-0.3, -0.25) is 13.9 Å². The maximum atomic E-state index is 13.3. The van der Waals surface area contributed by atoms with Crippen LogP contribution >= 0.6 is 11.6 Å². The Morgan fingerprint density at radius 1 is 1.09 bits per heavy atom. The zero-order valence-electron chi connectivity index (χ0n) is 21.3. The molecule has 2 aromatic rings. The highest BCUT2D eigenvalue weighted by Crippen LogP contribution is 2.20. The van der Waals surface area contributed by atoms with E-state index >= 15 is 0 Å². The highest BCUT2D eigenvalue weighted by Gasteiger charge is 2.28. The fourth-order valence-electron chi connectivity index (χ4n) is 3.60. The monoisotopic (exact) mass is 521 g/mol. The van der Waals surface area contributed by atoms with Gasteiger partial charge in [0.15, 0.2) is 0 Å². The predicted molar refractivity (Wildman–Crippen MR) is 142 cm³/mol. The first kappa shape index (κ1) is 28.7. The number of nitrogens with zero attached hydrogens (tertiary/aromatic N) is 2. The molecule has 0 aliphatic carbocycles. The van der Waals surface area contributed by atoms with Gasteiger partial charge in [-0.15, -0.1) is 0 Å². The van der Waals surface area contributed by atoms with Crippen molar-refractivity contribution >= 4 is 39.1 Å². The first-order valence-corrected chi connectivity index (χ1v) is 13.8. The van der Waals surface area contributed by atoms with Crippen LogP contribution in [0.5, 0.6) is 0 Å². The Balaban J connectivity index is 2.18. The van der Waals surface area contributed by atoms with Crippen LogP contribution in [0.1, 0.15) is 51.7 Å². The van der Waals surface area contributed by atoms with Crippen molar-refractivity contribution in [2.45, 2.75) is 65.6 Å². The molecule has 0 saturated carbocycles. The van der Waals surface area contributed by atoms with Crippen LogP contribution in [0.25, 0.3) is 0 Å². The lowest BCUT2D eigenvalue weighted by Crippen LogP contribution is -2.52. The van der Waals surface area contributed by atoms with Crippen LogP contribution in [-0.4, -0.2) is 49.5 Å². The standard InChI is InChI=1S/C26H36ClN3O4S/c1-19-12-14-23(15-13-19)30(35(6,33)34)16-8-11-24(31)29(18-21-9-7-10-22(27)17-21)20(2)25(32)28-26(3,4)5/h7,9-10,12-15,17,20H,8,11,16,18H2,1-6H3,(H,28,32)/t20-/m1/s1. The number of hydrogen-bond donors (Lipinski definition) is 1. The van der Waals surface area contributed by atoms with Crippen LogP contribution < -0.4 is 9.62 Å². The maximum Gasteiger partial charge on any atom is 0.242 e. The van der Waals surface area contributed by atoms with Gasteiger partial charge in [0, 0.05) is 30.1 Å². The molecule has 0 saturated heterocycles. The third kappa shape index (κ3) is 9.18. The number of anilines is 1. The number of nitrogens with one attached hydrogen (secondary N) is 1. The van der Waals surface area contributed by atoms with Crippen LogP contribution in [0.4, 0.5) is 5.69 Å². The molecule has 1 atom stereocenters. The van der Waals surface area contributed by atoms with Gasteiger partial charge in [0.05, 0.1) is 11.9 Å². The number of aryl methyl sites for hydroxylation is 1. The third-order valence-electron chi connectivity index (χ3n) is 5.38. The lowest BCUT2D eigenvalue weighted by molar-refractivity contribution is -0.141. The van der Waals surface area contributed by atoms with E-state index in [0.717, 1.165) is 17.4 Å². The molecule has 9 heteroatoms. The second kappa shape index (κ2) is 11.9. The molecule has 0 spiro atoms. The number of amides is 2. The SMILES string of the molecule is Cc1ccc(N(CCCC(=O)N(Cc2cccc(Cl)c2)[C@H](C)C(=O)NC(C)(C)C)S(C)(=O)=O)cc1. The van der Waals surface area contributed by atoms with Gasteiger partial charge in [0.25, 0.3) is 0 Å². The van der Waals surface area contributed by atoms with Gasteiger partial charge in [-0.1, -0.05) is 41.4 Å². The summed E-state index contributed by atoms with van der Waals surface area (Å²) in [6.45, 7) is 9.63. The fraction of sp³-hybridized carbons (Fsp3) is 0.462. The number of sulfonamides is 1. The summed E-state index contributed by atoms with van der Waals surface area (Å²) in [5.74, 6) is -0.496. The summed E-state index contributed by atoms with van der Waals surface area (Å²) < 4.78 is 26.1. The minimum absolute atomic E-state index is 0.0889. The van der Waals surface area contributed by atoms with Crippen molar-refractivity contribution in [1.82, 2.24) is 10.2 Å². The normalized spacial score (nSPS) is 12.7. The molecule has 2 aromatic carbocycles. The smallest absolute Gasteiger partial charge is 0.242 e. The topological polar surface area (TPSA) is 86.8 Å². The highest BCUT2D eigenvalue weighted by atomic mass is 35.5. The van der Waals surface area contributed by atoms with Crippen molar-refractivity contribution in [1.29, 1.82) is 0 Å². The molecule has 0 radical (unpaired) electrons. The Bertz CT molecular complexity index is 1130. The highest BCUT2D eigenvalue weighted by molar-refractivity contribution is 7.92. The molecular weight excluding hydrogens is 486 g/mol. The summed E-state index contributed by atoms with van der Waals surface area (Å²) in [6.07, 6.45) is 1.55. The molecule has 0 unspecified atom stereocenters. The van der Waals surface area contributed by atoms with E-state index in [1.165, 1.54) is 9.21 Å². The molecule has 0 fully saturated rings. The zero-order chi connectivity index (χ0) is 26.4. The average Bonchev–Trinajstić information content (AvgIpc) is 2.73. The van der Waals surface area contributed by atoms with Crippen molar-refractivity contribution in [3.63, 3.8) is 0 Å². The van der Waals surface area contributed by atoms with Crippen LogP contribution in [-0.2, 0) is 26.2 Å². The van der Waals surface area contributed by atoms with Crippen molar-refractivity contribution < 1.29 is 18.0 Å². The maximum absolute atomic E-state index is 13.3. The molecule has 192 valence electrons. The van der Waals surface area contributed by atoms with Gasteiger partial charge < -0.3 is 10.2 Å². The first-order valence-electron chi connectivity index (χ1n) is 11.6. The number of rotatable bonds is 10. The van der Waals surface area contributed by atoms with E-state index in [1.807, 2.05) is 45.9 Å². The van der Waals surface area contributed by atoms with E-state index < -0.39 is 21.6 Å². The summed E-state index contributed by atoms with van der Waals surface area (Å²) in [5.41, 5.74) is 1.94. The average molecular weight is 522 g/mol. The molecule has 0 aliphatic rings. The van der Waals surface area contributed by atoms with E-state index in [2.05, 4.69) is 5.32 Å². The van der Waals surface area contributed by atoms with Gasteiger partial charge in [-0.2, -0.15) is 0 Å². The van der Waals surface area contributed by atoms with Crippen LogP contribution in [0.15, 0.2) is 48.5 Å². The van der Waals surface area contributed by atoms with Gasteiger partial charge >= 0.3 is 0 Å². The fourth-order valence-corrected chi connectivity index (χ4v) is 4.78. The molecule has 2 amide bonds. The zero-order valence-corrected chi connectivity index (χ0v) is 22.9. The van der Waals surface area contributed by atoms with Gasteiger partial charge in [-0.05, 0) is 70.9 Å². The number of carbonyl (C=O) groups is 2. The lowest BCUT2D eigenvalue weighted by Gasteiger charge is -2.32. The van der Waals surface area contributed by atoms with E-state index in [4.69, 9.17) is 11.6 Å². The second-order valence-corrected chi connectivity index (χ2v) is 12.2. The molecule has 0 bridgehead atoms. The molecule has 7 nitrogen and oxygen atoms in total. The Hall–Kier alpha value is -2.58. The Labute approximate surface area is 214 Å². The van der Waals surface area contributed by atoms with Gasteiger partial charge in [0.2, 0.25) is 21.8 Å². The van der Waals surface area contributed by atoms with Crippen molar-refractivity contribution in [3.8, 4) is 0 Å². The summed E-state index contributed by atoms with van der Waals surface area (Å²) >= 11 is 6.12. The number of carbonyl (C=O) groups excluding carboxylic acids is 2. The summed E-state index contributed by atoms with van der Waals surface area (Å²) in [6, 6.07) is 13.6. The summed E-state index contributed by atoms with van der Waals surface area (Å²) in [5, 5.41) is 3.47. The van der Waals surface area contributed by atoms with E-state index in [-0.39, 0.29) is 31.3 Å². The minimum Gasteiger partial charge on any atom is -0.350 e.